The van der Waals surface area contributed by atoms with E-state index in [9.17, 15) is 14.4 Å². The van der Waals surface area contributed by atoms with Crippen molar-refractivity contribution in [2.24, 2.45) is 0 Å². The highest BCUT2D eigenvalue weighted by atomic mass is 16.5. The van der Waals surface area contributed by atoms with Crippen LogP contribution in [-0.4, -0.2) is 30.1 Å². The first kappa shape index (κ1) is 23.9. The fraction of sp³-hybridized carbons (Fsp3) is 0.375. The number of nitrogens with one attached hydrogen (secondary N) is 2. The number of carbonyl (C=O) groups is 3. The molecule has 0 aliphatic rings. The van der Waals surface area contributed by atoms with Crippen molar-refractivity contribution >= 4 is 18.0 Å². The van der Waals surface area contributed by atoms with Gasteiger partial charge in [-0.25, -0.2) is 4.79 Å². The molecule has 0 bridgehead atoms. The molecule has 0 aliphatic carbocycles. The van der Waals surface area contributed by atoms with Crippen LogP contribution in [0.5, 0.6) is 0 Å². The highest BCUT2D eigenvalue weighted by molar-refractivity contribution is 5.86. The molecule has 2 N–H and O–H groups in total. The normalized spacial score (nSPS) is 12.3. The van der Waals surface area contributed by atoms with Gasteiger partial charge in [-0.3, -0.25) is 9.59 Å². The van der Waals surface area contributed by atoms with E-state index in [0.29, 0.717) is 0 Å². The average Bonchev–Trinajstić information content (AvgIpc) is 2.80. The van der Waals surface area contributed by atoms with Gasteiger partial charge in [-0.1, -0.05) is 67.6 Å². The number of benzene rings is 2. The predicted octanol–water partition coefficient (Wildman–Crippen LogP) is 3.72. The van der Waals surface area contributed by atoms with Gasteiger partial charge in [0.15, 0.2) is 0 Å². The maximum Gasteiger partial charge on any atom is 0.408 e. The number of hydrogen-bond acceptors (Lipinski definition) is 5. The summed E-state index contributed by atoms with van der Waals surface area (Å²) < 4.78 is 10.5. The van der Waals surface area contributed by atoms with E-state index in [1.807, 2.05) is 74.5 Å². The average molecular weight is 427 g/mol. The Morgan fingerprint density at radius 2 is 1.39 bits per heavy atom. The van der Waals surface area contributed by atoms with Crippen LogP contribution in [0.3, 0.4) is 0 Å². The summed E-state index contributed by atoms with van der Waals surface area (Å²) in [5, 5.41) is 5.39. The van der Waals surface area contributed by atoms with Gasteiger partial charge in [-0.05, 0) is 30.9 Å². The second-order valence-electron chi connectivity index (χ2n) is 7.26. The number of hydrogen-bond donors (Lipinski definition) is 2. The van der Waals surface area contributed by atoms with Crippen LogP contribution in [0.15, 0.2) is 60.7 Å². The SMILES string of the molecule is CC[C@@H](C)NC(=O)[C@H](CCC(=O)OCc1ccccc1)NC(=O)OCc1ccccc1. The van der Waals surface area contributed by atoms with Gasteiger partial charge >= 0.3 is 12.1 Å². The van der Waals surface area contributed by atoms with E-state index >= 15 is 0 Å². The Morgan fingerprint density at radius 1 is 0.839 bits per heavy atom. The van der Waals surface area contributed by atoms with E-state index in [1.165, 1.54) is 0 Å². The molecule has 0 aliphatic heterocycles. The Kier molecular flexibility index (Phi) is 10.1. The maximum absolute atomic E-state index is 12.6. The smallest absolute Gasteiger partial charge is 0.408 e. The van der Waals surface area contributed by atoms with Crippen LogP contribution in [0.25, 0.3) is 0 Å². The first-order valence-corrected chi connectivity index (χ1v) is 10.4. The standard InChI is InChI=1S/C24H30N2O5/c1-3-18(2)25-23(28)21(26-24(29)31-17-20-12-8-5-9-13-20)14-15-22(27)30-16-19-10-6-4-7-11-19/h4-13,18,21H,3,14-17H2,1-2H3,(H,25,28)(H,26,29)/t18-,21+/m1/s1. The van der Waals surface area contributed by atoms with Crippen LogP contribution in [0.4, 0.5) is 4.79 Å². The monoisotopic (exact) mass is 426 g/mol. The van der Waals surface area contributed by atoms with Crippen LogP contribution in [0, 0.1) is 0 Å². The molecule has 2 amide bonds. The zero-order valence-electron chi connectivity index (χ0n) is 18.0. The van der Waals surface area contributed by atoms with Gasteiger partial charge in [0.2, 0.25) is 5.91 Å². The van der Waals surface area contributed by atoms with Gasteiger partial charge in [-0.2, -0.15) is 0 Å². The molecule has 0 saturated carbocycles. The third-order valence-corrected chi connectivity index (χ3v) is 4.70. The van der Waals surface area contributed by atoms with Crippen LogP contribution in [0.2, 0.25) is 0 Å². The molecular weight excluding hydrogens is 396 g/mol. The molecule has 0 spiro atoms. The number of ether oxygens (including phenoxy) is 2. The summed E-state index contributed by atoms with van der Waals surface area (Å²) in [5.74, 6) is -0.800. The molecule has 2 atom stereocenters. The van der Waals surface area contributed by atoms with E-state index in [1.54, 1.807) is 0 Å². The number of amides is 2. The van der Waals surface area contributed by atoms with Crippen molar-refractivity contribution in [3.8, 4) is 0 Å². The first-order valence-electron chi connectivity index (χ1n) is 10.4. The van der Waals surface area contributed by atoms with E-state index in [0.717, 1.165) is 17.5 Å². The highest BCUT2D eigenvalue weighted by Crippen LogP contribution is 2.07. The van der Waals surface area contributed by atoms with Gasteiger partial charge in [0.1, 0.15) is 19.3 Å². The summed E-state index contributed by atoms with van der Waals surface area (Å²) >= 11 is 0. The van der Waals surface area contributed by atoms with E-state index < -0.39 is 18.1 Å². The molecule has 0 radical (unpaired) electrons. The number of rotatable bonds is 11. The predicted molar refractivity (Wildman–Crippen MR) is 117 cm³/mol. The van der Waals surface area contributed by atoms with Crippen molar-refractivity contribution in [3.05, 3.63) is 71.8 Å². The van der Waals surface area contributed by atoms with Crippen molar-refractivity contribution in [2.75, 3.05) is 0 Å². The molecule has 0 fully saturated rings. The second kappa shape index (κ2) is 13.1. The molecule has 2 aromatic carbocycles. The summed E-state index contributed by atoms with van der Waals surface area (Å²) in [5.41, 5.74) is 1.72. The van der Waals surface area contributed by atoms with Crippen LogP contribution in [0.1, 0.15) is 44.2 Å². The molecule has 31 heavy (non-hydrogen) atoms. The summed E-state index contributed by atoms with van der Waals surface area (Å²) in [4.78, 5) is 36.9. The van der Waals surface area contributed by atoms with Crippen molar-refractivity contribution < 1.29 is 23.9 Å². The van der Waals surface area contributed by atoms with Crippen molar-refractivity contribution in [1.82, 2.24) is 10.6 Å². The van der Waals surface area contributed by atoms with Crippen molar-refractivity contribution in [3.63, 3.8) is 0 Å². The Bertz CT molecular complexity index is 826. The largest absolute Gasteiger partial charge is 0.461 e. The highest BCUT2D eigenvalue weighted by Gasteiger charge is 2.24. The fourth-order valence-corrected chi connectivity index (χ4v) is 2.69. The van der Waals surface area contributed by atoms with Gasteiger partial charge < -0.3 is 20.1 Å². The van der Waals surface area contributed by atoms with Gasteiger partial charge in [0.05, 0.1) is 0 Å². The Hall–Kier alpha value is -3.35. The summed E-state index contributed by atoms with van der Waals surface area (Å²) in [6, 6.07) is 17.6. The topological polar surface area (TPSA) is 93.7 Å². The van der Waals surface area contributed by atoms with Crippen LogP contribution < -0.4 is 10.6 Å². The Morgan fingerprint density at radius 3 is 1.94 bits per heavy atom. The molecule has 7 heteroatoms. The van der Waals surface area contributed by atoms with Crippen LogP contribution in [-0.2, 0) is 32.3 Å². The zero-order valence-corrected chi connectivity index (χ0v) is 18.0. The van der Waals surface area contributed by atoms with Crippen molar-refractivity contribution in [1.29, 1.82) is 0 Å². The minimum absolute atomic E-state index is 0.00953. The quantitative estimate of drug-likeness (QED) is 0.534. The van der Waals surface area contributed by atoms with E-state index in [2.05, 4.69) is 10.6 Å². The molecule has 7 nitrogen and oxygen atoms in total. The Labute approximate surface area is 183 Å². The molecule has 0 unspecified atom stereocenters. The fourth-order valence-electron chi connectivity index (χ4n) is 2.69. The summed E-state index contributed by atoms with van der Waals surface area (Å²) in [7, 11) is 0. The molecule has 0 heterocycles. The molecule has 0 saturated heterocycles. The summed E-state index contributed by atoms with van der Waals surface area (Å²) in [6.07, 6.45) is 0.127. The molecular formula is C24H30N2O5. The minimum atomic E-state index is -0.901. The molecule has 2 aromatic rings. The third kappa shape index (κ3) is 9.33. The lowest BCUT2D eigenvalue weighted by molar-refractivity contribution is -0.145. The van der Waals surface area contributed by atoms with E-state index in [4.69, 9.17) is 9.47 Å². The molecule has 0 aromatic heterocycles. The Balaban J connectivity index is 1.86. The third-order valence-electron chi connectivity index (χ3n) is 4.70. The number of carbonyl (C=O) groups excluding carboxylic acids is 3. The van der Waals surface area contributed by atoms with Gasteiger partial charge in [0.25, 0.3) is 0 Å². The molecule has 2 rings (SSSR count). The lowest BCUT2D eigenvalue weighted by Gasteiger charge is -2.20. The maximum atomic E-state index is 12.6. The van der Waals surface area contributed by atoms with Gasteiger partial charge in [0, 0.05) is 12.5 Å². The first-order chi connectivity index (χ1) is 15.0. The zero-order chi connectivity index (χ0) is 22.5. The summed E-state index contributed by atoms with van der Waals surface area (Å²) in [6.45, 7) is 4.07. The van der Waals surface area contributed by atoms with Crippen LogP contribution >= 0.6 is 0 Å². The van der Waals surface area contributed by atoms with E-state index in [-0.39, 0.29) is 38.0 Å². The van der Waals surface area contributed by atoms with Crippen molar-refractivity contribution in [2.45, 2.75) is 58.4 Å². The minimum Gasteiger partial charge on any atom is -0.461 e. The van der Waals surface area contributed by atoms with Gasteiger partial charge in [-0.15, -0.1) is 0 Å². The lowest BCUT2D eigenvalue weighted by Crippen LogP contribution is -2.49. The lowest BCUT2D eigenvalue weighted by atomic mass is 10.1. The molecule has 166 valence electrons. The number of esters is 1. The second-order valence-corrected chi connectivity index (χ2v) is 7.26. The number of alkyl carbamates (subject to hydrolysis) is 1.